The standard InChI is InChI=1S/C38H48N6O3S/c1-5-7-19-46-20-21-47-34-11-8-29(9-12-34)30-10-13-35-32(22-30)23-31(16-18-43(35)25-28(3)4)38(45)40-36-14-15-37(42-41-36)48-26-33-24-39-27-44(33)17-6-2/h8-15,22-24,27-28H,5-7,16-21,25-26H2,1-4H3,(H,40,41,45). The van der Waals surface area contributed by atoms with Crippen LogP contribution in [0.3, 0.4) is 0 Å². The van der Waals surface area contributed by atoms with Crippen LogP contribution in [0.15, 0.2) is 77.7 Å². The van der Waals surface area contributed by atoms with Crippen LogP contribution in [0.2, 0.25) is 0 Å². The first kappa shape index (κ1) is 35.2. The summed E-state index contributed by atoms with van der Waals surface area (Å²) in [6.07, 6.45) is 9.68. The predicted octanol–water partition coefficient (Wildman–Crippen LogP) is 8.13. The van der Waals surface area contributed by atoms with E-state index in [1.807, 2.05) is 42.9 Å². The number of ether oxygens (including phenoxy) is 2. The van der Waals surface area contributed by atoms with Gasteiger partial charge in [-0.25, -0.2) is 4.98 Å². The van der Waals surface area contributed by atoms with Crippen molar-refractivity contribution in [3.8, 4) is 16.9 Å². The molecule has 2 aromatic carbocycles. The van der Waals surface area contributed by atoms with E-state index in [1.165, 1.54) is 0 Å². The van der Waals surface area contributed by atoms with Gasteiger partial charge in [-0.2, -0.15) is 0 Å². The fraction of sp³-hybridized carbons (Fsp3) is 0.421. The third-order valence-electron chi connectivity index (χ3n) is 8.07. The number of unbranched alkanes of at least 4 members (excludes halogenated alkanes) is 1. The molecule has 1 aliphatic heterocycles. The second kappa shape index (κ2) is 17.8. The number of thioether (sulfide) groups is 1. The quantitative estimate of drug-likeness (QED) is 0.0891. The zero-order valence-electron chi connectivity index (χ0n) is 28.7. The number of imidazole rings is 1. The van der Waals surface area contributed by atoms with E-state index in [0.29, 0.717) is 36.9 Å². The molecule has 1 N–H and O–H groups in total. The van der Waals surface area contributed by atoms with Gasteiger partial charge in [-0.05, 0) is 84.3 Å². The minimum absolute atomic E-state index is 0.156. The first-order valence-corrected chi connectivity index (χ1v) is 18.1. The summed E-state index contributed by atoms with van der Waals surface area (Å²) >= 11 is 1.60. The number of amides is 1. The van der Waals surface area contributed by atoms with Gasteiger partial charge >= 0.3 is 0 Å². The smallest absolute Gasteiger partial charge is 0.252 e. The molecule has 0 spiro atoms. The zero-order chi connectivity index (χ0) is 33.7. The zero-order valence-corrected chi connectivity index (χ0v) is 29.5. The maximum absolute atomic E-state index is 13.6. The number of hydrogen-bond donors (Lipinski definition) is 1. The highest BCUT2D eigenvalue weighted by Crippen LogP contribution is 2.34. The molecule has 0 aliphatic carbocycles. The molecule has 9 nitrogen and oxygen atoms in total. The van der Waals surface area contributed by atoms with E-state index in [2.05, 4.69) is 88.0 Å². The Labute approximate surface area is 289 Å². The molecule has 0 fully saturated rings. The summed E-state index contributed by atoms with van der Waals surface area (Å²) in [5.41, 5.74) is 6.21. The number of nitrogens with zero attached hydrogens (tertiary/aromatic N) is 5. The number of aryl methyl sites for hydroxylation is 1. The fourth-order valence-corrected chi connectivity index (χ4v) is 6.41. The summed E-state index contributed by atoms with van der Waals surface area (Å²) in [5, 5.41) is 12.5. The van der Waals surface area contributed by atoms with Gasteiger partial charge in [0.25, 0.3) is 5.91 Å². The highest BCUT2D eigenvalue weighted by atomic mass is 32.2. The molecule has 0 radical (unpaired) electrons. The van der Waals surface area contributed by atoms with E-state index in [4.69, 9.17) is 9.47 Å². The predicted molar refractivity (Wildman–Crippen MR) is 195 cm³/mol. The van der Waals surface area contributed by atoms with Crippen LogP contribution in [0.5, 0.6) is 5.75 Å². The molecule has 4 aromatic rings. The number of carbonyl (C=O) groups excluding carboxylic acids is 1. The molecule has 1 amide bonds. The Hall–Kier alpha value is -4.15. The van der Waals surface area contributed by atoms with Crippen LogP contribution in [0.4, 0.5) is 11.5 Å². The molecule has 1 aliphatic rings. The summed E-state index contributed by atoms with van der Waals surface area (Å²) in [4.78, 5) is 20.2. The Bertz CT molecular complexity index is 1640. The molecular weight excluding hydrogens is 621 g/mol. The summed E-state index contributed by atoms with van der Waals surface area (Å²) in [6, 6.07) is 18.4. The van der Waals surface area contributed by atoms with Gasteiger partial charge in [-0.3, -0.25) is 4.79 Å². The van der Waals surface area contributed by atoms with Crippen molar-refractivity contribution in [3.05, 3.63) is 84.0 Å². The van der Waals surface area contributed by atoms with E-state index in [1.54, 1.807) is 11.8 Å². The van der Waals surface area contributed by atoms with Crippen LogP contribution in [0.1, 0.15) is 64.6 Å². The van der Waals surface area contributed by atoms with Crippen molar-refractivity contribution < 1.29 is 14.3 Å². The van der Waals surface area contributed by atoms with Gasteiger partial charge in [0, 0.05) is 55.1 Å². The molecule has 0 saturated heterocycles. The third-order valence-corrected chi connectivity index (χ3v) is 9.02. The number of aromatic nitrogens is 4. The van der Waals surface area contributed by atoms with Crippen molar-refractivity contribution in [2.45, 2.75) is 70.7 Å². The Balaban J connectivity index is 1.26. The van der Waals surface area contributed by atoms with Gasteiger partial charge < -0.3 is 24.3 Å². The molecular formula is C38H48N6O3S. The molecule has 48 heavy (non-hydrogen) atoms. The number of hydrogen-bond acceptors (Lipinski definition) is 8. The first-order chi connectivity index (χ1) is 23.4. The summed E-state index contributed by atoms with van der Waals surface area (Å²) in [6.45, 7) is 13.3. The average molecular weight is 669 g/mol. The minimum Gasteiger partial charge on any atom is -0.491 e. The minimum atomic E-state index is -0.156. The molecule has 0 bridgehead atoms. The molecule has 5 rings (SSSR count). The molecule has 2 aromatic heterocycles. The monoisotopic (exact) mass is 668 g/mol. The lowest BCUT2D eigenvalue weighted by molar-refractivity contribution is -0.112. The van der Waals surface area contributed by atoms with Gasteiger partial charge in [0.05, 0.1) is 12.9 Å². The van der Waals surface area contributed by atoms with Crippen molar-refractivity contribution in [2.75, 3.05) is 43.1 Å². The second-order valence-corrected chi connectivity index (χ2v) is 13.4. The van der Waals surface area contributed by atoms with E-state index in [-0.39, 0.29) is 5.91 Å². The van der Waals surface area contributed by atoms with Crippen LogP contribution < -0.4 is 15.0 Å². The number of carbonyl (C=O) groups is 1. The van der Waals surface area contributed by atoms with Crippen LogP contribution >= 0.6 is 11.8 Å². The molecule has 254 valence electrons. The molecule has 3 heterocycles. The number of benzene rings is 2. The highest BCUT2D eigenvalue weighted by Gasteiger charge is 2.21. The topological polar surface area (TPSA) is 94.4 Å². The van der Waals surface area contributed by atoms with Crippen molar-refractivity contribution in [1.82, 2.24) is 19.7 Å². The summed E-state index contributed by atoms with van der Waals surface area (Å²) < 4.78 is 13.6. The Morgan fingerprint density at radius 2 is 1.81 bits per heavy atom. The summed E-state index contributed by atoms with van der Waals surface area (Å²) in [7, 11) is 0. The van der Waals surface area contributed by atoms with E-state index in [9.17, 15) is 4.79 Å². The third kappa shape index (κ3) is 9.93. The Morgan fingerprint density at radius 1 is 0.979 bits per heavy atom. The van der Waals surface area contributed by atoms with E-state index >= 15 is 0 Å². The molecule has 10 heteroatoms. The molecule has 0 saturated carbocycles. The van der Waals surface area contributed by atoms with Crippen molar-refractivity contribution in [2.24, 2.45) is 5.92 Å². The van der Waals surface area contributed by atoms with Gasteiger partial charge in [0.2, 0.25) is 0 Å². The Morgan fingerprint density at radius 3 is 2.56 bits per heavy atom. The van der Waals surface area contributed by atoms with Gasteiger partial charge in [-0.1, -0.05) is 64.1 Å². The normalized spacial score (nSPS) is 12.9. The van der Waals surface area contributed by atoms with E-state index in [0.717, 1.165) is 90.1 Å². The highest BCUT2D eigenvalue weighted by molar-refractivity contribution is 7.98. The van der Waals surface area contributed by atoms with Gasteiger partial charge in [-0.15, -0.1) is 10.2 Å². The summed E-state index contributed by atoms with van der Waals surface area (Å²) in [5.74, 6) is 2.35. The lowest BCUT2D eigenvalue weighted by atomic mass is 10.00. The van der Waals surface area contributed by atoms with Crippen molar-refractivity contribution in [3.63, 3.8) is 0 Å². The number of fused-ring (bicyclic) bond motifs is 1. The maximum atomic E-state index is 13.6. The largest absolute Gasteiger partial charge is 0.491 e. The first-order valence-electron chi connectivity index (χ1n) is 17.1. The van der Waals surface area contributed by atoms with Crippen LogP contribution in [0, 0.1) is 5.92 Å². The number of anilines is 2. The SMILES string of the molecule is CCCCOCCOc1ccc(-c2ccc3c(c2)C=C(C(=O)Nc2ccc(SCc4cncn4CCC)nn2)CCN3CC(C)C)cc1. The van der Waals surface area contributed by atoms with Crippen LogP contribution in [-0.4, -0.2) is 58.6 Å². The fourth-order valence-electron chi connectivity index (χ4n) is 5.61. The van der Waals surface area contributed by atoms with Gasteiger partial charge in [0.1, 0.15) is 17.4 Å². The Kier molecular flexibility index (Phi) is 13.1. The van der Waals surface area contributed by atoms with Crippen molar-refractivity contribution >= 4 is 35.3 Å². The average Bonchev–Trinajstić information content (AvgIpc) is 3.46. The van der Waals surface area contributed by atoms with Gasteiger partial charge in [0.15, 0.2) is 5.82 Å². The lowest BCUT2D eigenvalue weighted by Crippen LogP contribution is -2.29. The lowest BCUT2D eigenvalue weighted by Gasteiger charge is -2.27. The number of rotatable bonds is 17. The molecule has 0 atom stereocenters. The number of nitrogens with one attached hydrogen (secondary N) is 1. The van der Waals surface area contributed by atoms with Crippen molar-refractivity contribution in [1.29, 1.82) is 0 Å². The second-order valence-electron chi connectivity index (χ2n) is 12.4. The van der Waals surface area contributed by atoms with Crippen LogP contribution in [-0.2, 0) is 21.8 Å². The maximum Gasteiger partial charge on any atom is 0.252 e. The molecule has 0 unspecified atom stereocenters. The van der Waals surface area contributed by atoms with Crippen LogP contribution in [0.25, 0.3) is 17.2 Å². The van der Waals surface area contributed by atoms with E-state index < -0.39 is 0 Å².